The van der Waals surface area contributed by atoms with Crippen molar-refractivity contribution < 1.29 is 0 Å². The number of hydrogen-bond acceptors (Lipinski definition) is 2. The first-order valence-corrected chi connectivity index (χ1v) is 7.25. The molecule has 0 amide bonds. The number of nitrogens with one attached hydrogen (secondary N) is 1. The molecular weight excluding hydrogens is 238 g/mol. The molecule has 1 atom stereocenters. The largest absolute Gasteiger partial charge is 0.319 e. The monoisotopic (exact) mass is 259 g/mol. The predicted octanol–water partition coefficient (Wildman–Crippen LogP) is 4.35. The number of benzene rings is 1. The summed E-state index contributed by atoms with van der Waals surface area (Å²) in [7, 11) is 2.01. The summed E-state index contributed by atoms with van der Waals surface area (Å²) in [6, 6.07) is 11.2. The third kappa shape index (κ3) is 2.82. The molecule has 1 N–H and O–H groups in total. The fourth-order valence-corrected chi connectivity index (χ4v) is 3.31. The predicted molar refractivity (Wildman–Crippen MR) is 81.6 cm³/mol. The normalized spacial score (nSPS) is 12.7. The van der Waals surface area contributed by atoms with E-state index in [2.05, 4.69) is 56.4 Å². The van der Waals surface area contributed by atoms with Gasteiger partial charge in [0.25, 0.3) is 0 Å². The Morgan fingerprint density at radius 2 is 1.94 bits per heavy atom. The highest BCUT2D eigenvalue weighted by molar-refractivity contribution is 7.15. The van der Waals surface area contributed by atoms with Crippen LogP contribution in [0.4, 0.5) is 0 Å². The van der Waals surface area contributed by atoms with Crippen molar-refractivity contribution in [1.82, 2.24) is 5.32 Å². The first-order valence-electron chi connectivity index (χ1n) is 6.43. The molecule has 2 aromatic rings. The van der Waals surface area contributed by atoms with Crippen molar-refractivity contribution in [2.75, 3.05) is 13.6 Å². The fourth-order valence-electron chi connectivity index (χ4n) is 2.17. The standard InChI is InChI=1S/C16H21NS/c1-11-5-6-12(2)14(9-11)16-8-7-15(18-16)13(3)10-17-4/h5-9,13,17H,10H2,1-4H3. The molecule has 18 heavy (non-hydrogen) atoms. The summed E-state index contributed by atoms with van der Waals surface area (Å²) in [5.74, 6) is 0.582. The van der Waals surface area contributed by atoms with E-state index in [1.54, 1.807) is 0 Å². The summed E-state index contributed by atoms with van der Waals surface area (Å²) in [5.41, 5.74) is 4.06. The van der Waals surface area contributed by atoms with Crippen LogP contribution in [-0.4, -0.2) is 13.6 Å². The Labute approximate surface area is 114 Å². The molecule has 1 unspecified atom stereocenters. The van der Waals surface area contributed by atoms with Crippen LogP contribution >= 0.6 is 11.3 Å². The van der Waals surface area contributed by atoms with Crippen LogP contribution < -0.4 is 5.32 Å². The molecule has 1 aromatic carbocycles. The minimum atomic E-state index is 0.582. The zero-order valence-electron chi connectivity index (χ0n) is 11.6. The second-order valence-electron chi connectivity index (χ2n) is 4.98. The zero-order valence-corrected chi connectivity index (χ0v) is 12.4. The molecule has 2 heteroatoms. The smallest absolute Gasteiger partial charge is 0.0348 e. The quantitative estimate of drug-likeness (QED) is 0.860. The summed E-state index contributed by atoms with van der Waals surface area (Å²) >= 11 is 1.92. The molecule has 1 nitrogen and oxygen atoms in total. The maximum absolute atomic E-state index is 3.24. The van der Waals surface area contributed by atoms with Crippen LogP contribution in [-0.2, 0) is 0 Å². The van der Waals surface area contributed by atoms with E-state index in [0.717, 1.165) is 6.54 Å². The van der Waals surface area contributed by atoms with E-state index in [4.69, 9.17) is 0 Å². The summed E-state index contributed by atoms with van der Waals surface area (Å²) in [5, 5.41) is 3.24. The van der Waals surface area contributed by atoms with Crippen LogP contribution in [0.1, 0.15) is 28.8 Å². The van der Waals surface area contributed by atoms with Gasteiger partial charge in [0.15, 0.2) is 0 Å². The average Bonchev–Trinajstić information content (AvgIpc) is 2.82. The molecule has 0 saturated heterocycles. The molecule has 0 aliphatic rings. The van der Waals surface area contributed by atoms with Crippen molar-refractivity contribution in [1.29, 1.82) is 0 Å². The van der Waals surface area contributed by atoms with Crippen molar-refractivity contribution in [2.45, 2.75) is 26.7 Å². The first kappa shape index (κ1) is 13.3. The van der Waals surface area contributed by atoms with E-state index < -0.39 is 0 Å². The molecule has 0 aliphatic carbocycles. The number of aryl methyl sites for hydroxylation is 2. The van der Waals surface area contributed by atoms with Gasteiger partial charge in [-0.2, -0.15) is 0 Å². The highest BCUT2D eigenvalue weighted by atomic mass is 32.1. The topological polar surface area (TPSA) is 12.0 Å². The molecule has 0 fully saturated rings. The van der Waals surface area contributed by atoms with Gasteiger partial charge < -0.3 is 5.32 Å². The van der Waals surface area contributed by atoms with Crippen molar-refractivity contribution >= 4 is 11.3 Å². The minimum absolute atomic E-state index is 0.582. The van der Waals surface area contributed by atoms with Crippen LogP contribution in [0.2, 0.25) is 0 Å². The maximum Gasteiger partial charge on any atom is 0.0348 e. The molecule has 0 spiro atoms. The molecule has 2 rings (SSSR count). The number of hydrogen-bond donors (Lipinski definition) is 1. The van der Waals surface area contributed by atoms with E-state index in [1.807, 2.05) is 18.4 Å². The van der Waals surface area contributed by atoms with Crippen molar-refractivity contribution in [3.05, 3.63) is 46.3 Å². The number of thiophene rings is 1. The molecule has 0 aliphatic heterocycles. The summed E-state index contributed by atoms with van der Waals surface area (Å²) < 4.78 is 0. The van der Waals surface area contributed by atoms with Gasteiger partial charge in [-0.15, -0.1) is 11.3 Å². The van der Waals surface area contributed by atoms with E-state index in [-0.39, 0.29) is 0 Å². The lowest BCUT2D eigenvalue weighted by molar-refractivity contribution is 0.687. The molecule has 1 aromatic heterocycles. The SMILES string of the molecule is CNCC(C)c1ccc(-c2cc(C)ccc2C)s1. The Hall–Kier alpha value is -1.12. The number of likely N-dealkylation sites (N-methyl/N-ethyl adjacent to an activating group) is 1. The first-order chi connectivity index (χ1) is 8.61. The van der Waals surface area contributed by atoms with Crippen LogP contribution in [0.15, 0.2) is 30.3 Å². The van der Waals surface area contributed by atoms with E-state index >= 15 is 0 Å². The van der Waals surface area contributed by atoms with Crippen molar-refractivity contribution in [3.63, 3.8) is 0 Å². The maximum atomic E-state index is 3.24. The third-order valence-corrected chi connectivity index (χ3v) is 4.63. The molecule has 0 saturated carbocycles. The summed E-state index contributed by atoms with van der Waals surface area (Å²) in [4.78, 5) is 2.84. The van der Waals surface area contributed by atoms with Gasteiger partial charge in [-0.25, -0.2) is 0 Å². The second-order valence-corrected chi connectivity index (χ2v) is 6.09. The van der Waals surface area contributed by atoms with Crippen LogP contribution in [0.25, 0.3) is 10.4 Å². The average molecular weight is 259 g/mol. The lowest BCUT2D eigenvalue weighted by Crippen LogP contribution is -2.13. The van der Waals surface area contributed by atoms with Crippen LogP contribution in [0, 0.1) is 13.8 Å². The Morgan fingerprint density at radius 1 is 1.17 bits per heavy atom. The second kappa shape index (κ2) is 5.68. The zero-order chi connectivity index (χ0) is 13.1. The van der Waals surface area contributed by atoms with E-state index in [9.17, 15) is 0 Å². The van der Waals surface area contributed by atoms with Crippen LogP contribution in [0.3, 0.4) is 0 Å². The third-order valence-electron chi connectivity index (χ3n) is 3.28. The van der Waals surface area contributed by atoms with Gasteiger partial charge in [0, 0.05) is 22.2 Å². The number of rotatable bonds is 4. The van der Waals surface area contributed by atoms with Gasteiger partial charge in [-0.1, -0.05) is 30.7 Å². The van der Waals surface area contributed by atoms with Crippen LogP contribution in [0.5, 0.6) is 0 Å². The van der Waals surface area contributed by atoms with Gasteiger partial charge in [0.1, 0.15) is 0 Å². The van der Waals surface area contributed by atoms with Gasteiger partial charge in [0.05, 0.1) is 0 Å². The molecule has 0 bridgehead atoms. The Kier molecular flexibility index (Phi) is 4.20. The lowest BCUT2D eigenvalue weighted by Gasteiger charge is -2.08. The highest BCUT2D eigenvalue weighted by Crippen LogP contribution is 2.34. The van der Waals surface area contributed by atoms with E-state index in [0.29, 0.717) is 5.92 Å². The van der Waals surface area contributed by atoms with Gasteiger partial charge >= 0.3 is 0 Å². The Morgan fingerprint density at radius 3 is 2.67 bits per heavy atom. The van der Waals surface area contributed by atoms with Gasteiger partial charge in [0.2, 0.25) is 0 Å². The molecule has 1 heterocycles. The fraction of sp³-hybridized carbons (Fsp3) is 0.375. The molecule has 0 radical (unpaired) electrons. The summed E-state index contributed by atoms with van der Waals surface area (Å²) in [6.45, 7) is 7.65. The summed E-state index contributed by atoms with van der Waals surface area (Å²) in [6.07, 6.45) is 0. The Balaban J connectivity index is 2.32. The van der Waals surface area contributed by atoms with Crippen molar-refractivity contribution in [2.24, 2.45) is 0 Å². The van der Waals surface area contributed by atoms with Crippen molar-refractivity contribution in [3.8, 4) is 10.4 Å². The lowest BCUT2D eigenvalue weighted by atomic mass is 10.0. The molecule has 96 valence electrons. The van der Waals surface area contributed by atoms with Gasteiger partial charge in [-0.05, 0) is 44.2 Å². The van der Waals surface area contributed by atoms with E-state index in [1.165, 1.54) is 26.4 Å². The Bertz CT molecular complexity index is 528. The highest BCUT2D eigenvalue weighted by Gasteiger charge is 2.10. The minimum Gasteiger partial charge on any atom is -0.319 e. The molecular formula is C16H21NS. The van der Waals surface area contributed by atoms with Gasteiger partial charge in [-0.3, -0.25) is 0 Å².